The normalized spacial score (nSPS) is 17.9. The monoisotopic (exact) mass is 425 g/mol. The van der Waals surface area contributed by atoms with Gasteiger partial charge in [0.1, 0.15) is 17.3 Å². The van der Waals surface area contributed by atoms with E-state index in [0.29, 0.717) is 17.2 Å². The quantitative estimate of drug-likeness (QED) is 0.672. The molecule has 31 heavy (non-hydrogen) atoms. The first-order chi connectivity index (χ1) is 15.0. The topological polar surface area (TPSA) is 70.2 Å². The van der Waals surface area contributed by atoms with Crippen molar-refractivity contribution < 1.29 is 9.18 Å². The van der Waals surface area contributed by atoms with Crippen molar-refractivity contribution in [2.45, 2.75) is 57.9 Å². The number of anilines is 1. The molecule has 0 radical (unpaired) electrons. The Bertz CT molecular complexity index is 907. The van der Waals surface area contributed by atoms with Crippen LogP contribution >= 0.6 is 0 Å². The lowest BCUT2D eigenvalue weighted by atomic mass is 9.93. The van der Waals surface area contributed by atoms with Crippen LogP contribution < -0.4 is 10.6 Å². The van der Waals surface area contributed by atoms with Gasteiger partial charge in [-0.3, -0.25) is 4.79 Å². The number of rotatable bonds is 8. The average molecular weight is 426 g/mol. The maximum Gasteiger partial charge on any atom is 0.271 e. The average Bonchev–Trinajstić information content (AvgIpc) is 3.24. The number of hydrogen-bond acceptors (Lipinski definition) is 5. The van der Waals surface area contributed by atoms with Crippen molar-refractivity contribution in [3.8, 4) is 0 Å². The van der Waals surface area contributed by atoms with Crippen LogP contribution in [0, 0.1) is 12.7 Å². The van der Waals surface area contributed by atoms with Crippen LogP contribution in [-0.2, 0) is 0 Å². The molecule has 2 heterocycles. The number of hydrogen-bond donors (Lipinski definition) is 2. The summed E-state index contributed by atoms with van der Waals surface area (Å²) in [5.74, 6) is 0.147. The minimum atomic E-state index is -0.268. The zero-order valence-corrected chi connectivity index (χ0v) is 18.5. The third-order valence-corrected chi connectivity index (χ3v) is 6.45. The Kier molecular flexibility index (Phi) is 6.80. The molecule has 1 unspecified atom stereocenters. The van der Waals surface area contributed by atoms with E-state index >= 15 is 0 Å². The van der Waals surface area contributed by atoms with Gasteiger partial charge in [0.15, 0.2) is 0 Å². The summed E-state index contributed by atoms with van der Waals surface area (Å²) in [6.07, 6.45) is 5.72. The van der Waals surface area contributed by atoms with Crippen LogP contribution in [0.15, 0.2) is 24.3 Å². The van der Waals surface area contributed by atoms with Gasteiger partial charge in [0.05, 0.1) is 11.4 Å². The molecule has 0 bridgehead atoms. The SMILES string of the molecule is Cc1nc(NCCN2CCCC2)c(C(C)c2ccc(F)cc2)nc1C(=O)NC1CCC1. The molecule has 2 aromatic rings. The van der Waals surface area contributed by atoms with Crippen molar-refractivity contribution in [2.75, 3.05) is 31.5 Å². The van der Waals surface area contributed by atoms with Crippen molar-refractivity contribution >= 4 is 11.7 Å². The number of likely N-dealkylation sites (tertiary alicyclic amines) is 1. The molecule has 1 aliphatic carbocycles. The second kappa shape index (κ2) is 9.73. The van der Waals surface area contributed by atoms with Crippen LogP contribution in [0.4, 0.5) is 10.2 Å². The Morgan fingerprint density at radius 3 is 2.52 bits per heavy atom. The number of carbonyl (C=O) groups excluding carboxylic acids is 1. The van der Waals surface area contributed by atoms with E-state index < -0.39 is 0 Å². The van der Waals surface area contributed by atoms with E-state index in [4.69, 9.17) is 9.97 Å². The molecule has 7 heteroatoms. The number of carbonyl (C=O) groups is 1. The Morgan fingerprint density at radius 2 is 1.87 bits per heavy atom. The van der Waals surface area contributed by atoms with Crippen LogP contribution in [-0.4, -0.2) is 53.0 Å². The molecule has 1 aromatic heterocycles. The van der Waals surface area contributed by atoms with E-state index in [9.17, 15) is 9.18 Å². The predicted octanol–water partition coefficient (Wildman–Crippen LogP) is 3.87. The third kappa shape index (κ3) is 5.21. The minimum absolute atomic E-state index is 0.127. The van der Waals surface area contributed by atoms with Crippen LogP contribution in [0.3, 0.4) is 0 Å². The largest absolute Gasteiger partial charge is 0.367 e. The molecule has 1 saturated carbocycles. The molecule has 1 aromatic carbocycles. The molecular formula is C24H32FN5O. The first-order valence-electron chi connectivity index (χ1n) is 11.4. The van der Waals surface area contributed by atoms with Crippen LogP contribution in [0.5, 0.6) is 0 Å². The highest BCUT2D eigenvalue weighted by molar-refractivity contribution is 5.93. The number of benzene rings is 1. The number of aryl methyl sites for hydroxylation is 1. The smallest absolute Gasteiger partial charge is 0.271 e. The lowest BCUT2D eigenvalue weighted by Gasteiger charge is -2.26. The number of halogens is 1. The molecule has 166 valence electrons. The van der Waals surface area contributed by atoms with Crippen molar-refractivity contribution in [3.05, 3.63) is 52.7 Å². The molecule has 1 atom stereocenters. The second-order valence-corrected chi connectivity index (χ2v) is 8.74. The number of nitrogens with zero attached hydrogens (tertiary/aromatic N) is 3. The molecule has 2 N–H and O–H groups in total. The maximum absolute atomic E-state index is 13.4. The van der Waals surface area contributed by atoms with E-state index in [1.165, 1.54) is 25.0 Å². The van der Waals surface area contributed by atoms with E-state index in [1.807, 2.05) is 13.8 Å². The van der Waals surface area contributed by atoms with Gasteiger partial charge < -0.3 is 15.5 Å². The molecule has 2 aliphatic rings. The highest BCUT2D eigenvalue weighted by atomic mass is 19.1. The zero-order valence-electron chi connectivity index (χ0n) is 18.5. The Labute approximate surface area is 183 Å². The standard InChI is InChI=1S/C24H32FN5O/c1-16(18-8-10-19(25)11-9-18)21-23(26-12-15-30-13-3-4-14-30)27-17(2)22(29-21)24(31)28-20-6-5-7-20/h8-11,16,20H,3-7,12-15H2,1-2H3,(H,26,27)(H,28,31). The summed E-state index contributed by atoms with van der Waals surface area (Å²) in [7, 11) is 0. The molecular weight excluding hydrogens is 393 g/mol. The van der Waals surface area contributed by atoms with Crippen LogP contribution in [0.2, 0.25) is 0 Å². The minimum Gasteiger partial charge on any atom is -0.367 e. The number of amides is 1. The zero-order chi connectivity index (χ0) is 21.8. The summed E-state index contributed by atoms with van der Waals surface area (Å²) in [6, 6.07) is 6.69. The summed E-state index contributed by atoms with van der Waals surface area (Å²) < 4.78 is 13.4. The molecule has 1 amide bonds. The summed E-state index contributed by atoms with van der Waals surface area (Å²) in [4.78, 5) is 24.8. The Morgan fingerprint density at radius 1 is 1.16 bits per heavy atom. The number of aromatic nitrogens is 2. The Hall–Kier alpha value is -2.54. The highest BCUT2D eigenvalue weighted by Gasteiger charge is 2.25. The Balaban J connectivity index is 1.58. The van der Waals surface area contributed by atoms with Gasteiger partial charge in [0.25, 0.3) is 5.91 Å². The van der Waals surface area contributed by atoms with Crippen molar-refractivity contribution in [2.24, 2.45) is 0 Å². The first-order valence-corrected chi connectivity index (χ1v) is 11.4. The highest BCUT2D eigenvalue weighted by Crippen LogP contribution is 2.29. The molecule has 2 fully saturated rings. The van der Waals surface area contributed by atoms with Crippen molar-refractivity contribution in [3.63, 3.8) is 0 Å². The van der Waals surface area contributed by atoms with Gasteiger partial charge in [-0.15, -0.1) is 0 Å². The molecule has 1 aliphatic heterocycles. The summed E-state index contributed by atoms with van der Waals surface area (Å²) >= 11 is 0. The molecule has 0 spiro atoms. The lowest BCUT2D eigenvalue weighted by Crippen LogP contribution is -2.40. The summed E-state index contributed by atoms with van der Waals surface area (Å²) in [5, 5.41) is 6.52. The van der Waals surface area contributed by atoms with Gasteiger partial charge in [-0.05, 0) is 69.8 Å². The molecule has 1 saturated heterocycles. The third-order valence-electron chi connectivity index (χ3n) is 6.45. The van der Waals surface area contributed by atoms with Gasteiger partial charge in [-0.25, -0.2) is 14.4 Å². The predicted molar refractivity (Wildman–Crippen MR) is 120 cm³/mol. The molecule has 6 nitrogen and oxygen atoms in total. The van der Waals surface area contributed by atoms with Crippen molar-refractivity contribution in [1.29, 1.82) is 0 Å². The summed E-state index contributed by atoms with van der Waals surface area (Å²) in [5.41, 5.74) is 2.65. The second-order valence-electron chi connectivity index (χ2n) is 8.74. The van der Waals surface area contributed by atoms with Crippen molar-refractivity contribution in [1.82, 2.24) is 20.2 Å². The molecule has 4 rings (SSSR count). The van der Waals surface area contributed by atoms with E-state index in [2.05, 4.69) is 15.5 Å². The lowest BCUT2D eigenvalue weighted by molar-refractivity contribution is 0.0910. The van der Waals surface area contributed by atoms with E-state index in [0.717, 1.165) is 56.7 Å². The van der Waals surface area contributed by atoms with Crippen LogP contribution in [0.25, 0.3) is 0 Å². The number of nitrogens with one attached hydrogen (secondary N) is 2. The summed E-state index contributed by atoms with van der Waals surface area (Å²) in [6.45, 7) is 7.86. The van der Waals surface area contributed by atoms with Gasteiger partial charge in [0, 0.05) is 25.0 Å². The van der Waals surface area contributed by atoms with Gasteiger partial charge >= 0.3 is 0 Å². The fourth-order valence-corrected chi connectivity index (χ4v) is 4.23. The fourth-order valence-electron chi connectivity index (χ4n) is 4.23. The van der Waals surface area contributed by atoms with Gasteiger partial charge in [0.2, 0.25) is 0 Å². The first kappa shape index (κ1) is 21.7. The van der Waals surface area contributed by atoms with Gasteiger partial charge in [-0.1, -0.05) is 19.1 Å². The van der Waals surface area contributed by atoms with E-state index in [1.54, 1.807) is 12.1 Å². The maximum atomic E-state index is 13.4. The van der Waals surface area contributed by atoms with Crippen LogP contribution in [0.1, 0.15) is 72.4 Å². The van der Waals surface area contributed by atoms with E-state index in [-0.39, 0.29) is 23.7 Å². The van der Waals surface area contributed by atoms with Gasteiger partial charge in [-0.2, -0.15) is 0 Å². The fraction of sp³-hybridized carbons (Fsp3) is 0.542.